The van der Waals surface area contributed by atoms with E-state index in [1.54, 1.807) is 0 Å². The molecule has 0 atom stereocenters. The predicted molar refractivity (Wildman–Crippen MR) is 98.5 cm³/mol. The fourth-order valence-corrected chi connectivity index (χ4v) is 2.39. The lowest BCUT2D eigenvalue weighted by Crippen LogP contribution is -2.33. The van der Waals surface area contributed by atoms with E-state index in [1.807, 2.05) is 54.6 Å². The number of benzene rings is 3. The van der Waals surface area contributed by atoms with Gasteiger partial charge in [-0.25, -0.2) is 5.43 Å². The van der Waals surface area contributed by atoms with Crippen LogP contribution in [0, 0.1) is 0 Å². The van der Waals surface area contributed by atoms with Crippen LogP contribution in [0.4, 0.5) is 11.4 Å². The molecule has 0 bridgehead atoms. The molecule has 114 valence electrons. The van der Waals surface area contributed by atoms with E-state index in [1.165, 1.54) is 5.56 Å². The molecule has 0 unspecified atom stereocenters. The van der Waals surface area contributed by atoms with Gasteiger partial charge in [-0.15, -0.1) is 0 Å². The summed E-state index contributed by atoms with van der Waals surface area (Å²) < 4.78 is 0. The average molecular weight is 300 g/mol. The lowest BCUT2D eigenvalue weighted by molar-refractivity contribution is 0.777. The van der Waals surface area contributed by atoms with Crippen molar-refractivity contribution >= 4 is 17.5 Å². The summed E-state index contributed by atoms with van der Waals surface area (Å²) in [7, 11) is 0. The number of nitrogens with one attached hydrogen (secondary N) is 1. The van der Waals surface area contributed by atoms with Crippen LogP contribution in [-0.2, 0) is 0 Å². The van der Waals surface area contributed by atoms with Gasteiger partial charge in [-0.05, 0) is 29.8 Å². The van der Waals surface area contributed by atoms with Crippen molar-refractivity contribution in [3.05, 3.63) is 103 Å². The standard InChI is InChI=1S/C21H20N2/c1-4-11-19(12-5-1)13-10-18-22-23(20-14-6-2-7-15-20)21-16-8-3-9-17-21/h1-17,22H,18H2. The Morgan fingerprint density at radius 1 is 0.652 bits per heavy atom. The van der Waals surface area contributed by atoms with Gasteiger partial charge in [-0.2, -0.15) is 0 Å². The molecule has 0 saturated heterocycles. The summed E-state index contributed by atoms with van der Waals surface area (Å²) >= 11 is 0. The third kappa shape index (κ3) is 4.31. The Morgan fingerprint density at radius 2 is 1.13 bits per heavy atom. The molecule has 0 fully saturated rings. The van der Waals surface area contributed by atoms with Gasteiger partial charge < -0.3 is 0 Å². The third-order valence-electron chi connectivity index (χ3n) is 3.51. The Balaban J connectivity index is 1.71. The number of hydrazine groups is 1. The van der Waals surface area contributed by atoms with Gasteiger partial charge in [-0.1, -0.05) is 78.9 Å². The third-order valence-corrected chi connectivity index (χ3v) is 3.51. The lowest BCUT2D eigenvalue weighted by Gasteiger charge is -2.25. The molecule has 3 rings (SSSR count). The van der Waals surface area contributed by atoms with Crippen LogP contribution in [0.3, 0.4) is 0 Å². The summed E-state index contributed by atoms with van der Waals surface area (Å²) in [6, 6.07) is 31.0. The smallest absolute Gasteiger partial charge is 0.0577 e. The van der Waals surface area contributed by atoms with Crippen molar-refractivity contribution in [3.8, 4) is 0 Å². The normalized spacial score (nSPS) is 10.8. The summed E-state index contributed by atoms with van der Waals surface area (Å²) in [6.07, 6.45) is 4.26. The van der Waals surface area contributed by atoms with Gasteiger partial charge in [-0.3, -0.25) is 5.01 Å². The minimum atomic E-state index is 0.749. The minimum absolute atomic E-state index is 0.749. The Hall–Kier alpha value is -2.84. The molecule has 3 aromatic rings. The van der Waals surface area contributed by atoms with Gasteiger partial charge >= 0.3 is 0 Å². The molecular formula is C21H20N2. The Morgan fingerprint density at radius 3 is 1.65 bits per heavy atom. The zero-order valence-corrected chi connectivity index (χ0v) is 13.0. The van der Waals surface area contributed by atoms with Gasteiger partial charge in [0.25, 0.3) is 0 Å². The molecule has 0 aliphatic carbocycles. The minimum Gasteiger partial charge on any atom is -0.277 e. The van der Waals surface area contributed by atoms with Crippen molar-refractivity contribution in [2.75, 3.05) is 11.6 Å². The molecular weight excluding hydrogens is 280 g/mol. The molecule has 2 nitrogen and oxygen atoms in total. The molecule has 0 spiro atoms. The molecule has 0 amide bonds. The van der Waals surface area contributed by atoms with E-state index < -0.39 is 0 Å². The van der Waals surface area contributed by atoms with E-state index >= 15 is 0 Å². The quantitative estimate of drug-likeness (QED) is 0.641. The first-order valence-electron chi connectivity index (χ1n) is 7.79. The monoisotopic (exact) mass is 300 g/mol. The first kappa shape index (κ1) is 15.1. The van der Waals surface area contributed by atoms with Crippen molar-refractivity contribution in [1.82, 2.24) is 5.43 Å². The van der Waals surface area contributed by atoms with Crippen LogP contribution in [0.5, 0.6) is 0 Å². The molecule has 0 aromatic heterocycles. The van der Waals surface area contributed by atoms with E-state index in [4.69, 9.17) is 0 Å². The number of rotatable bonds is 6. The zero-order chi connectivity index (χ0) is 15.7. The molecule has 0 aliphatic rings. The summed E-state index contributed by atoms with van der Waals surface area (Å²) in [5, 5.41) is 2.11. The average Bonchev–Trinajstić information content (AvgIpc) is 2.64. The maximum absolute atomic E-state index is 3.47. The number of para-hydroxylation sites is 2. The highest BCUT2D eigenvalue weighted by atomic mass is 15.5. The van der Waals surface area contributed by atoms with Crippen molar-refractivity contribution in [3.63, 3.8) is 0 Å². The highest BCUT2D eigenvalue weighted by molar-refractivity contribution is 5.61. The van der Waals surface area contributed by atoms with Crippen LogP contribution in [0.25, 0.3) is 6.08 Å². The summed E-state index contributed by atoms with van der Waals surface area (Å²) in [5.41, 5.74) is 6.91. The fourth-order valence-electron chi connectivity index (χ4n) is 2.39. The van der Waals surface area contributed by atoms with Gasteiger partial charge in [0, 0.05) is 6.54 Å². The first-order chi connectivity index (χ1) is 11.4. The summed E-state index contributed by atoms with van der Waals surface area (Å²) in [4.78, 5) is 0. The van der Waals surface area contributed by atoms with Gasteiger partial charge in [0.05, 0.1) is 11.4 Å². The van der Waals surface area contributed by atoms with Crippen molar-refractivity contribution in [2.45, 2.75) is 0 Å². The van der Waals surface area contributed by atoms with E-state index in [-0.39, 0.29) is 0 Å². The van der Waals surface area contributed by atoms with Crippen LogP contribution >= 0.6 is 0 Å². The molecule has 0 heterocycles. The van der Waals surface area contributed by atoms with E-state index in [0.717, 1.165) is 17.9 Å². The second kappa shape index (κ2) is 7.97. The second-order valence-electron chi connectivity index (χ2n) is 5.18. The molecule has 0 saturated carbocycles. The lowest BCUT2D eigenvalue weighted by atomic mass is 10.2. The van der Waals surface area contributed by atoms with E-state index in [9.17, 15) is 0 Å². The first-order valence-corrected chi connectivity index (χ1v) is 7.79. The predicted octanol–water partition coefficient (Wildman–Crippen LogP) is 5.04. The van der Waals surface area contributed by atoms with Crippen molar-refractivity contribution in [2.24, 2.45) is 0 Å². The maximum Gasteiger partial charge on any atom is 0.0577 e. The van der Waals surface area contributed by atoms with Crippen molar-refractivity contribution < 1.29 is 0 Å². The topological polar surface area (TPSA) is 15.3 Å². The zero-order valence-electron chi connectivity index (χ0n) is 13.0. The van der Waals surface area contributed by atoms with Gasteiger partial charge in [0.2, 0.25) is 0 Å². The Bertz CT molecular complexity index is 682. The van der Waals surface area contributed by atoms with Crippen molar-refractivity contribution in [1.29, 1.82) is 0 Å². The van der Waals surface area contributed by atoms with Gasteiger partial charge in [0.15, 0.2) is 0 Å². The Labute approximate surface area is 137 Å². The Kier molecular flexibility index (Phi) is 5.22. The van der Waals surface area contributed by atoms with Crippen LogP contribution < -0.4 is 10.4 Å². The molecule has 1 N–H and O–H groups in total. The van der Waals surface area contributed by atoms with Crippen LogP contribution in [0.1, 0.15) is 5.56 Å². The summed E-state index contributed by atoms with van der Waals surface area (Å²) in [6.45, 7) is 0.749. The number of nitrogens with zero attached hydrogens (tertiary/aromatic N) is 1. The highest BCUT2D eigenvalue weighted by Gasteiger charge is 2.06. The molecule has 3 aromatic carbocycles. The van der Waals surface area contributed by atoms with E-state index in [0.29, 0.717) is 0 Å². The van der Waals surface area contributed by atoms with Crippen LogP contribution in [0.15, 0.2) is 97.1 Å². The van der Waals surface area contributed by atoms with Crippen LogP contribution in [0.2, 0.25) is 0 Å². The number of hydrogen-bond acceptors (Lipinski definition) is 2. The number of anilines is 2. The molecule has 0 aliphatic heterocycles. The van der Waals surface area contributed by atoms with Crippen LogP contribution in [-0.4, -0.2) is 6.54 Å². The number of hydrogen-bond donors (Lipinski definition) is 1. The second-order valence-corrected chi connectivity index (χ2v) is 5.18. The molecule has 2 heteroatoms. The molecule has 0 radical (unpaired) electrons. The molecule has 23 heavy (non-hydrogen) atoms. The summed E-state index contributed by atoms with van der Waals surface area (Å²) in [5.74, 6) is 0. The maximum atomic E-state index is 3.47. The highest BCUT2D eigenvalue weighted by Crippen LogP contribution is 2.22. The fraction of sp³-hybridized carbons (Fsp3) is 0.0476. The largest absolute Gasteiger partial charge is 0.277 e. The van der Waals surface area contributed by atoms with Gasteiger partial charge in [0.1, 0.15) is 0 Å². The van der Waals surface area contributed by atoms with E-state index in [2.05, 4.69) is 59.0 Å². The SMILES string of the molecule is C(=Cc1ccccc1)CNN(c1ccccc1)c1ccccc1.